The molecule has 1 amide bonds. The highest BCUT2D eigenvalue weighted by Crippen LogP contribution is 2.25. The summed E-state index contributed by atoms with van der Waals surface area (Å²) in [5, 5.41) is 8.33. The third kappa shape index (κ3) is 4.27. The summed E-state index contributed by atoms with van der Waals surface area (Å²) < 4.78 is 28.7. The molecule has 1 aromatic carbocycles. The SMILES string of the molecule is Cc1ccc(-c2nnc(SCC(=O)N(C)[C@H]3CCS(=O)(=O)C3)o2)cc1C. The maximum Gasteiger partial charge on any atom is 0.277 e. The number of sulfone groups is 1. The van der Waals surface area contributed by atoms with Crippen LogP contribution >= 0.6 is 11.8 Å². The third-order valence-electron chi connectivity index (χ3n) is 4.63. The van der Waals surface area contributed by atoms with Gasteiger partial charge in [0.2, 0.25) is 11.8 Å². The van der Waals surface area contributed by atoms with Crippen LogP contribution in [0, 0.1) is 13.8 Å². The van der Waals surface area contributed by atoms with Gasteiger partial charge < -0.3 is 9.32 Å². The number of benzene rings is 1. The number of carbonyl (C=O) groups is 1. The molecular formula is C17H21N3O4S2. The van der Waals surface area contributed by atoms with Gasteiger partial charge in [-0.05, 0) is 43.5 Å². The molecule has 0 bridgehead atoms. The maximum absolute atomic E-state index is 12.3. The zero-order valence-corrected chi connectivity index (χ0v) is 16.6. The second-order valence-electron chi connectivity index (χ2n) is 6.52. The Morgan fingerprint density at radius 3 is 2.73 bits per heavy atom. The predicted octanol–water partition coefficient (Wildman–Crippen LogP) is 2.09. The van der Waals surface area contributed by atoms with Gasteiger partial charge in [-0.3, -0.25) is 4.79 Å². The highest BCUT2D eigenvalue weighted by atomic mass is 32.2. The van der Waals surface area contributed by atoms with Crippen LogP contribution in [0.4, 0.5) is 0 Å². The number of aromatic nitrogens is 2. The number of hydrogen-bond acceptors (Lipinski definition) is 7. The van der Waals surface area contributed by atoms with Crippen molar-refractivity contribution in [1.82, 2.24) is 15.1 Å². The number of nitrogens with zero attached hydrogens (tertiary/aromatic N) is 3. The molecule has 1 atom stereocenters. The first kappa shape index (κ1) is 18.9. The summed E-state index contributed by atoms with van der Waals surface area (Å²) in [4.78, 5) is 13.8. The molecule has 0 spiro atoms. The lowest BCUT2D eigenvalue weighted by atomic mass is 10.1. The smallest absolute Gasteiger partial charge is 0.277 e. The molecule has 1 aliphatic rings. The monoisotopic (exact) mass is 395 g/mol. The van der Waals surface area contributed by atoms with Crippen LogP contribution in [0.1, 0.15) is 17.5 Å². The Hall–Kier alpha value is -1.87. The maximum atomic E-state index is 12.3. The van der Waals surface area contributed by atoms with Gasteiger partial charge in [0.15, 0.2) is 9.84 Å². The molecular weight excluding hydrogens is 374 g/mol. The van der Waals surface area contributed by atoms with Crippen molar-refractivity contribution in [3.8, 4) is 11.5 Å². The molecule has 140 valence electrons. The summed E-state index contributed by atoms with van der Waals surface area (Å²) >= 11 is 1.16. The Bertz CT molecular complexity index is 924. The van der Waals surface area contributed by atoms with Crippen LogP contribution in [-0.4, -0.2) is 59.8 Å². The minimum absolute atomic E-state index is 0.0391. The minimum Gasteiger partial charge on any atom is -0.411 e. The fraction of sp³-hybridized carbons (Fsp3) is 0.471. The summed E-state index contributed by atoms with van der Waals surface area (Å²) in [6, 6.07) is 5.65. The van der Waals surface area contributed by atoms with Gasteiger partial charge in [-0.25, -0.2) is 8.42 Å². The average Bonchev–Trinajstić information content (AvgIpc) is 3.21. The quantitative estimate of drug-likeness (QED) is 0.716. The van der Waals surface area contributed by atoms with Crippen LogP contribution in [0.15, 0.2) is 27.8 Å². The van der Waals surface area contributed by atoms with E-state index >= 15 is 0 Å². The zero-order valence-electron chi connectivity index (χ0n) is 14.9. The first-order valence-corrected chi connectivity index (χ1v) is 11.1. The Morgan fingerprint density at radius 2 is 2.08 bits per heavy atom. The van der Waals surface area contributed by atoms with Crippen molar-refractivity contribution in [2.45, 2.75) is 31.5 Å². The Balaban J connectivity index is 1.59. The van der Waals surface area contributed by atoms with Gasteiger partial charge in [0, 0.05) is 18.7 Å². The Kier molecular flexibility index (Phi) is 5.38. The van der Waals surface area contributed by atoms with E-state index in [9.17, 15) is 13.2 Å². The van der Waals surface area contributed by atoms with Crippen molar-refractivity contribution in [2.75, 3.05) is 24.3 Å². The lowest BCUT2D eigenvalue weighted by Gasteiger charge is -2.22. The molecule has 0 aliphatic carbocycles. The molecule has 1 aromatic heterocycles. The number of amides is 1. The highest BCUT2D eigenvalue weighted by Gasteiger charge is 2.32. The summed E-state index contributed by atoms with van der Waals surface area (Å²) in [5.74, 6) is 0.575. The predicted molar refractivity (Wildman–Crippen MR) is 99.8 cm³/mol. The van der Waals surface area contributed by atoms with E-state index in [0.29, 0.717) is 17.5 Å². The van der Waals surface area contributed by atoms with Gasteiger partial charge in [0.25, 0.3) is 5.22 Å². The number of thioether (sulfide) groups is 1. The van der Waals surface area contributed by atoms with Crippen molar-refractivity contribution in [3.63, 3.8) is 0 Å². The number of carbonyl (C=O) groups excluding carboxylic acids is 1. The highest BCUT2D eigenvalue weighted by molar-refractivity contribution is 7.99. The fourth-order valence-corrected chi connectivity index (χ4v) is 5.23. The topological polar surface area (TPSA) is 93.4 Å². The van der Waals surface area contributed by atoms with Crippen molar-refractivity contribution >= 4 is 27.5 Å². The first-order chi connectivity index (χ1) is 12.2. The largest absolute Gasteiger partial charge is 0.411 e. The van der Waals surface area contributed by atoms with Crippen LogP contribution in [-0.2, 0) is 14.6 Å². The summed E-state index contributed by atoms with van der Waals surface area (Å²) in [7, 11) is -1.38. The normalized spacial score (nSPS) is 18.8. The molecule has 0 N–H and O–H groups in total. The molecule has 0 radical (unpaired) electrons. The van der Waals surface area contributed by atoms with E-state index < -0.39 is 9.84 Å². The van der Waals surface area contributed by atoms with Crippen molar-refractivity contribution in [1.29, 1.82) is 0 Å². The second kappa shape index (κ2) is 7.40. The van der Waals surface area contributed by atoms with E-state index in [1.54, 1.807) is 7.05 Å². The van der Waals surface area contributed by atoms with E-state index in [2.05, 4.69) is 10.2 Å². The Morgan fingerprint density at radius 1 is 1.31 bits per heavy atom. The van der Waals surface area contributed by atoms with Crippen LogP contribution in [0.2, 0.25) is 0 Å². The molecule has 2 heterocycles. The van der Waals surface area contributed by atoms with E-state index in [-0.39, 0.29) is 29.2 Å². The third-order valence-corrected chi connectivity index (χ3v) is 7.18. The van der Waals surface area contributed by atoms with Crippen LogP contribution < -0.4 is 0 Å². The van der Waals surface area contributed by atoms with Gasteiger partial charge in [0.1, 0.15) is 0 Å². The molecule has 1 saturated heterocycles. The standard InChI is InChI=1S/C17H21N3O4S2/c1-11-4-5-13(8-12(11)2)16-18-19-17(24-16)25-9-15(21)20(3)14-6-7-26(22,23)10-14/h4-5,8,14H,6-7,9-10H2,1-3H3/t14-/m0/s1. The van der Waals surface area contributed by atoms with Crippen molar-refractivity contribution < 1.29 is 17.6 Å². The van der Waals surface area contributed by atoms with Crippen LogP contribution in [0.3, 0.4) is 0 Å². The zero-order chi connectivity index (χ0) is 18.9. The number of aryl methyl sites for hydroxylation is 2. The second-order valence-corrected chi connectivity index (χ2v) is 9.68. The summed E-state index contributed by atoms with van der Waals surface area (Å²) in [5.41, 5.74) is 3.16. The van der Waals surface area contributed by atoms with Gasteiger partial charge >= 0.3 is 0 Å². The molecule has 26 heavy (non-hydrogen) atoms. The van der Waals surface area contributed by atoms with E-state index in [1.807, 2.05) is 32.0 Å². The van der Waals surface area contributed by atoms with E-state index in [1.165, 1.54) is 10.5 Å². The molecule has 3 rings (SSSR count). The van der Waals surface area contributed by atoms with Crippen molar-refractivity contribution in [2.24, 2.45) is 0 Å². The summed E-state index contributed by atoms with van der Waals surface area (Å²) in [6.45, 7) is 4.05. The molecule has 2 aromatic rings. The Labute approximate surface area is 157 Å². The molecule has 1 fully saturated rings. The van der Waals surface area contributed by atoms with E-state index in [4.69, 9.17) is 4.42 Å². The molecule has 0 saturated carbocycles. The summed E-state index contributed by atoms with van der Waals surface area (Å²) in [6.07, 6.45) is 0.493. The first-order valence-electron chi connectivity index (χ1n) is 8.25. The number of rotatable bonds is 5. The molecule has 0 unspecified atom stereocenters. The van der Waals surface area contributed by atoms with Crippen LogP contribution in [0.25, 0.3) is 11.5 Å². The van der Waals surface area contributed by atoms with E-state index in [0.717, 1.165) is 22.9 Å². The fourth-order valence-electron chi connectivity index (χ4n) is 2.77. The van der Waals surface area contributed by atoms with Gasteiger partial charge in [-0.2, -0.15) is 0 Å². The number of hydrogen-bond donors (Lipinski definition) is 0. The van der Waals surface area contributed by atoms with Crippen LogP contribution in [0.5, 0.6) is 0 Å². The molecule has 7 nitrogen and oxygen atoms in total. The van der Waals surface area contributed by atoms with Crippen molar-refractivity contribution in [3.05, 3.63) is 29.3 Å². The lowest BCUT2D eigenvalue weighted by Crippen LogP contribution is -2.38. The molecule has 9 heteroatoms. The lowest BCUT2D eigenvalue weighted by molar-refractivity contribution is -0.128. The molecule has 1 aliphatic heterocycles. The van der Waals surface area contributed by atoms with Gasteiger partial charge in [-0.1, -0.05) is 17.8 Å². The van der Waals surface area contributed by atoms with Gasteiger partial charge in [0.05, 0.1) is 17.3 Å². The average molecular weight is 396 g/mol. The van der Waals surface area contributed by atoms with Gasteiger partial charge in [-0.15, -0.1) is 10.2 Å². The minimum atomic E-state index is -3.02.